The molecule has 0 saturated carbocycles. The molecule has 186 valence electrons. The summed E-state index contributed by atoms with van der Waals surface area (Å²) in [6.07, 6.45) is 1.80. The van der Waals surface area contributed by atoms with E-state index in [4.69, 9.17) is 11.5 Å². The van der Waals surface area contributed by atoms with Crippen LogP contribution in [0.2, 0.25) is 0 Å². The maximum absolute atomic E-state index is 15.4. The van der Waals surface area contributed by atoms with Crippen LogP contribution < -0.4 is 16.9 Å². The van der Waals surface area contributed by atoms with Crippen molar-refractivity contribution < 1.29 is 9.18 Å². The number of halogens is 1. The fraction of sp³-hybridized carbons (Fsp3) is 0.214. The number of nitrogens with zero attached hydrogens (tertiary/aromatic N) is 3. The second kappa shape index (κ2) is 12.9. The summed E-state index contributed by atoms with van der Waals surface area (Å²) < 4.78 is 15.4. The van der Waals surface area contributed by atoms with E-state index in [9.17, 15) is 10.1 Å². The van der Waals surface area contributed by atoms with Gasteiger partial charge in [0.2, 0.25) is 6.41 Å². The molecular weight excluding hydrogens is 455 g/mol. The van der Waals surface area contributed by atoms with Gasteiger partial charge in [0, 0.05) is 36.3 Å². The molecule has 0 aliphatic rings. The number of allylic oxidation sites excluding steroid dienone is 1. The van der Waals surface area contributed by atoms with E-state index >= 15 is 4.39 Å². The number of hydrazone groups is 1. The largest absolute Gasteiger partial charge is 0.404 e. The zero-order valence-corrected chi connectivity index (χ0v) is 21.2. The first kappa shape index (κ1) is 27.9. The lowest BCUT2D eigenvalue weighted by molar-refractivity contribution is -0.109. The number of aliphatic imine (C=N–C) groups is 1. The van der Waals surface area contributed by atoms with E-state index in [0.717, 1.165) is 11.1 Å². The average Bonchev–Trinajstić information content (AvgIpc) is 2.90. The van der Waals surface area contributed by atoms with Gasteiger partial charge in [0.15, 0.2) is 0 Å². The van der Waals surface area contributed by atoms with E-state index in [1.165, 1.54) is 19.3 Å². The molecule has 0 aliphatic carbocycles. The van der Waals surface area contributed by atoms with Crippen molar-refractivity contribution in [2.75, 3.05) is 13.6 Å². The van der Waals surface area contributed by atoms with Crippen LogP contribution in [0.15, 0.2) is 58.8 Å². The van der Waals surface area contributed by atoms with Crippen LogP contribution in [0.5, 0.6) is 0 Å². The van der Waals surface area contributed by atoms with Crippen molar-refractivity contribution in [3.8, 4) is 6.07 Å². The fourth-order valence-electron chi connectivity index (χ4n) is 3.97. The van der Waals surface area contributed by atoms with E-state index < -0.39 is 5.82 Å². The summed E-state index contributed by atoms with van der Waals surface area (Å²) in [5.41, 5.74) is 18.8. The first-order valence-corrected chi connectivity index (χ1v) is 11.5. The normalized spacial score (nSPS) is 12.0. The number of carbonyl (C=O) groups is 1. The van der Waals surface area contributed by atoms with Crippen molar-refractivity contribution >= 4 is 34.2 Å². The van der Waals surface area contributed by atoms with Gasteiger partial charge in [-0.2, -0.15) is 10.4 Å². The number of nitriles is 1. The topological polar surface area (TPSA) is 130 Å². The number of benzene rings is 3. The van der Waals surface area contributed by atoms with Gasteiger partial charge in [0.1, 0.15) is 11.9 Å². The van der Waals surface area contributed by atoms with Gasteiger partial charge >= 0.3 is 0 Å². The predicted molar refractivity (Wildman–Crippen MR) is 145 cm³/mol. The van der Waals surface area contributed by atoms with Gasteiger partial charge in [-0.3, -0.25) is 9.79 Å². The maximum atomic E-state index is 15.4. The van der Waals surface area contributed by atoms with E-state index in [0.29, 0.717) is 39.6 Å². The van der Waals surface area contributed by atoms with E-state index in [2.05, 4.69) is 21.6 Å². The minimum absolute atomic E-state index is 0.0792. The fourth-order valence-corrected chi connectivity index (χ4v) is 3.97. The summed E-state index contributed by atoms with van der Waals surface area (Å²) >= 11 is 0. The predicted octanol–water partition coefficient (Wildman–Crippen LogP) is 4.32. The van der Waals surface area contributed by atoms with Gasteiger partial charge in [0.25, 0.3) is 0 Å². The molecule has 0 aliphatic heterocycles. The molecule has 8 heteroatoms. The highest BCUT2D eigenvalue weighted by atomic mass is 19.1. The van der Waals surface area contributed by atoms with E-state index in [-0.39, 0.29) is 23.4 Å². The number of hydrogen-bond acceptors (Lipinski definition) is 6. The van der Waals surface area contributed by atoms with Crippen LogP contribution in [0.3, 0.4) is 0 Å². The Hall–Kier alpha value is -4.35. The van der Waals surface area contributed by atoms with Crippen molar-refractivity contribution in [2.45, 2.75) is 27.7 Å². The molecule has 0 heterocycles. The highest BCUT2D eigenvalue weighted by Gasteiger charge is 2.23. The van der Waals surface area contributed by atoms with Gasteiger partial charge in [-0.15, -0.1) is 0 Å². The molecule has 1 amide bonds. The maximum Gasteiger partial charge on any atom is 0.227 e. The number of carbonyl (C=O) groups excluding carboxylic acids is 1. The number of nitrogens with one attached hydrogen (secondary N) is 1. The third kappa shape index (κ3) is 5.48. The molecule has 0 atom stereocenters. The molecule has 0 fully saturated rings. The number of rotatable bonds is 7. The summed E-state index contributed by atoms with van der Waals surface area (Å²) in [7, 11) is 1.53. The minimum atomic E-state index is -0.571. The molecular formula is C28H31FN6O. The van der Waals surface area contributed by atoms with Gasteiger partial charge in [-0.25, -0.2) is 9.82 Å². The minimum Gasteiger partial charge on any atom is -0.404 e. The lowest BCUT2D eigenvalue weighted by Crippen LogP contribution is -2.21. The Labute approximate surface area is 211 Å². The molecule has 5 N–H and O–H groups in total. The Bertz CT molecular complexity index is 1400. The standard InChI is InChI=1S/C26H25FN6O.C2H6/c1-15-8-18(9-20(16(15)2)24(13-30)33-32-14-34)21(11-28)26(31-3)25-22(12-29)19-7-5-4-6-17(19)10-23(25)27;1-2/h4-11,14H,13,28,30H2,1-3H3,(H,32,34);1-2H3/b21-11-,31-26?,33-24-;. The molecule has 0 spiro atoms. The SMILES string of the molecule is CC.CN=C(/C(=C\N)c1cc(C)c(C)c(/C(CN)=N\NC=O)c1)c1c(F)cc2ccccc2c1C#N. The summed E-state index contributed by atoms with van der Waals surface area (Å²) in [6, 6.07) is 14.4. The highest BCUT2D eigenvalue weighted by Crippen LogP contribution is 2.31. The van der Waals surface area contributed by atoms with Crippen LogP contribution in [0.1, 0.15) is 47.2 Å². The van der Waals surface area contributed by atoms with Crippen LogP contribution >= 0.6 is 0 Å². The number of hydrogen-bond donors (Lipinski definition) is 3. The summed E-state index contributed by atoms with van der Waals surface area (Å²) in [4.78, 5) is 15.1. The van der Waals surface area contributed by atoms with Crippen molar-refractivity contribution in [3.63, 3.8) is 0 Å². The first-order chi connectivity index (χ1) is 17.4. The molecule has 3 aromatic carbocycles. The average molecular weight is 487 g/mol. The summed E-state index contributed by atoms with van der Waals surface area (Å²) in [6.45, 7) is 7.91. The van der Waals surface area contributed by atoms with Crippen LogP contribution in [-0.4, -0.2) is 31.4 Å². The van der Waals surface area contributed by atoms with E-state index in [1.807, 2.05) is 39.8 Å². The Balaban J connectivity index is 0.00000222. The van der Waals surface area contributed by atoms with Crippen molar-refractivity contribution in [2.24, 2.45) is 21.6 Å². The lowest BCUT2D eigenvalue weighted by atomic mass is 9.87. The lowest BCUT2D eigenvalue weighted by Gasteiger charge is -2.18. The van der Waals surface area contributed by atoms with Crippen LogP contribution in [-0.2, 0) is 4.79 Å². The third-order valence-electron chi connectivity index (χ3n) is 5.73. The number of nitrogens with two attached hydrogens (primary N) is 2. The monoisotopic (exact) mass is 486 g/mol. The number of amides is 1. The summed E-state index contributed by atoms with van der Waals surface area (Å²) in [5.74, 6) is -0.571. The zero-order chi connectivity index (χ0) is 26.8. The summed E-state index contributed by atoms with van der Waals surface area (Å²) in [5, 5.41) is 15.2. The van der Waals surface area contributed by atoms with Crippen LogP contribution in [0.4, 0.5) is 4.39 Å². The van der Waals surface area contributed by atoms with E-state index in [1.54, 1.807) is 24.3 Å². The highest BCUT2D eigenvalue weighted by molar-refractivity contribution is 6.33. The Morgan fingerprint density at radius 1 is 1.19 bits per heavy atom. The Morgan fingerprint density at radius 2 is 1.89 bits per heavy atom. The van der Waals surface area contributed by atoms with Crippen LogP contribution in [0.25, 0.3) is 16.3 Å². The van der Waals surface area contributed by atoms with Gasteiger partial charge in [-0.1, -0.05) is 44.2 Å². The second-order valence-electron chi connectivity index (χ2n) is 7.57. The molecule has 7 nitrogen and oxygen atoms in total. The molecule has 0 radical (unpaired) electrons. The number of aryl methyl sites for hydroxylation is 1. The molecule has 0 aromatic heterocycles. The van der Waals surface area contributed by atoms with Gasteiger partial charge < -0.3 is 11.5 Å². The molecule has 3 aromatic rings. The molecule has 0 saturated heterocycles. The Kier molecular flexibility index (Phi) is 10.0. The van der Waals surface area contributed by atoms with Crippen molar-refractivity contribution in [1.29, 1.82) is 5.26 Å². The van der Waals surface area contributed by atoms with Crippen molar-refractivity contribution in [1.82, 2.24) is 5.43 Å². The third-order valence-corrected chi connectivity index (χ3v) is 5.73. The van der Waals surface area contributed by atoms with Gasteiger partial charge in [-0.05, 0) is 48.1 Å². The molecule has 0 bridgehead atoms. The first-order valence-electron chi connectivity index (χ1n) is 11.5. The second-order valence-corrected chi connectivity index (χ2v) is 7.57. The van der Waals surface area contributed by atoms with Crippen molar-refractivity contribution in [3.05, 3.63) is 87.9 Å². The van der Waals surface area contributed by atoms with Gasteiger partial charge in [0.05, 0.1) is 22.6 Å². The Morgan fingerprint density at radius 3 is 2.47 bits per heavy atom. The molecule has 0 unspecified atom stereocenters. The zero-order valence-electron chi connectivity index (χ0n) is 21.2. The smallest absolute Gasteiger partial charge is 0.227 e. The number of fused-ring (bicyclic) bond motifs is 1. The molecule has 36 heavy (non-hydrogen) atoms. The quantitative estimate of drug-likeness (QED) is 0.261. The molecule has 3 rings (SSSR count). The van der Waals surface area contributed by atoms with Crippen LogP contribution in [0, 0.1) is 31.0 Å².